The Labute approximate surface area is 107 Å². The zero-order chi connectivity index (χ0) is 13.6. The normalized spacial score (nSPS) is 23.2. The Bertz CT molecular complexity index is 657. The van der Waals surface area contributed by atoms with E-state index in [2.05, 4.69) is 4.98 Å². The number of carbonyl (C=O) groups excluding carboxylic acids is 1. The summed E-state index contributed by atoms with van der Waals surface area (Å²) in [5, 5.41) is 0. The molecule has 2 aromatic rings. The van der Waals surface area contributed by atoms with E-state index < -0.39 is 17.4 Å². The van der Waals surface area contributed by atoms with Gasteiger partial charge in [0.25, 0.3) is 11.9 Å². The standard InChI is InChI=1S/C12H11F2N3O2/c13-7-1-2-8-9(5-7)19-11(16-8)17-4-3-12(14,6-17)10(15)18/h1-2,5H,3-4,6H2,(H2,15,18). The highest BCUT2D eigenvalue weighted by Crippen LogP contribution is 2.31. The minimum absolute atomic E-state index is 0.00454. The Morgan fingerprint density at radius 2 is 2.32 bits per heavy atom. The highest BCUT2D eigenvalue weighted by atomic mass is 19.1. The maximum absolute atomic E-state index is 14.0. The molecule has 5 nitrogen and oxygen atoms in total. The zero-order valence-corrected chi connectivity index (χ0v) is 9.90. The van der Waals surface area contributed by atoms with Crippen LogP contribution in [0.1, 0.15) is 6.42 Å². The van der Waals surface area contributed by atoms with Gasteiger partial charge in [0, 0.05) is 19.0 Å². The van der Waals surface area contributed by atoms with Crippen LogP contribution in [0.2, 0.25) is 0 Å². The number of rotatable bonds is 2. The van der Waals surface area contributed by atoms with Gasteiger partial charge in [-0.05, 0) is 12.1 Å². The maximum Gasteiger partial charge on any atom is 0.298 e. The zero-order valence-electron chi connectivity index (χ0n) is 9.90. The van der Waals surface area contributed by atoms with Crippen molar-refractivity contribution in [1.29, 1.82) is 0 Å². The van der Waals surface area contributed by atoms with Gasteiger partial charge < -0.3 is 15.1 Å². The molecular formula is C12H11F2N3O2. The van der Waals surface area contributed by atoms with Gasteiger partial charge in [0.15, 0.2) is 5.58 Å². The number of aromatic nitrogens is 1. The van der Waals surface area contributed by atoms with Crippen molar-refractivity contribution in [2.24, 2.45) is 5.73 Å². The van der Waals surface area contributed by atoms with Crippen molar-refractivity contribution >= 4 is 23.0 Å². The SMILES string of the molecule is NC(=O)C1(F)CCN(c2nc3ccc(F)cc3o2)C1. The first-order valence-corrected chi connectivity index (χ1v) is 5.78. The van der Waals surface area contributed by atoms with Crippen LogP contribution in [0.25, 0.3) is 11.1 Å². The molecule has 19 heavy (non-hydrogen) atoms. The number of hydrogen-bond acceptors (Lipinski definition) is 4. The first-order valence-electron chi connectivity index (χ1n) is 5.78. The summed E-state index contributed by atoms with van der Waals surface area (Å²) >= 11 is 0. The monoisotopic (exact) mass is 267 g/mol. The lowest BCUT2D eigenvalue weighted by Gasteiger charge is -2.15. The highest BCUT2D eigenvalue weighted by Gasteiger charge is 2.45. The molecule has 1 saturated heterocycles. The lowest BCUT2D eigenvalue weighted by molar-refractivity contribution is -0.128. The lowest BCUT2D eigenvalue weighted by Crippen LogP contribution is -2.42. The minimum atomic E-state index is -2.06. The molecule has 0 spiro atoms. The Hall–Kier alpha value is -2.18. The van der Waals surface area contributed by atoms with Gasteiger partial charge >= 0.3 is 0 Å². The third-order valence-corrected chi connectivity index (χ3v) is 3.27. The number of halogens is 2. The summed E-state index contributed by atoms with van der Waals surface area (Å²) in [6.07, 6.45) is -0.00454. The molecule has 0 bridgehead atoms. The third-order valence-electron chi connectivity index (χ3n) is 3.27. The van der Waals surface area contributed by atoms with Crippen LogP contribution in [0.5, 0.6) is 0 Å². The average molecular weight is 267 g/mol. The van der Waals surface area contributed by atoms with Gasteiger partial charge in [-0.1, -0.05) is 0 Å². The second-order valence-corrected chi connectivity index (χ2v) is 4.61. The van der Waals surface area contributed by atoms with Crippen molar-refractivity contribution in [3.63, 3.8) is 0 Å². The van der Waals surface area contributed by atoms with Crippen LogP contribution in [0.3, 0.4) is 0 Å². The van der Waals surface area contributed by atoms with Gasteiger partial charge in [0.2, 0.25) is 5.67 Å². The smallest absolute Gasteiger partial charge is 0.298 e. The molecule has 100 valence electrons. The summed E-state index contributed by atoms with van der Waals surface area (Å²) < 4.78 is 32.4. The summed E-state index contributed by atoms with van der Waals surface area (Å²) in [4.78, 5) is 16.7. The molecule has 2 N–H and O–H groups in total. The van der Waals surface area contributed by atoms with E-state index in [0.717, 1.165) is 0 Å². The van der Waals surface area contributed by atoms with E-state index in [4.69, 9.17) is 10.2 Å². The first kappa shape index (κ1) is 11.9. The van der Waals surface area contributed by atoms with Crippen LogP contribution >= 0.6 is 0 Å². The topological polar surface area (TPSA) is 72.4 Å². The molecule has 2 heterocycles. The number of hydrogen-bond donors (Lipinski definition) is 1. The van der Waals surface area contributed by atoms with Crippen LogP contribution in [0, 0.1) is 5.82 Å². The Balaban J connectivity index is 1.92. The molecule has 1 atom stereocenters. The number of alkyl halides is 1. The largest absolute Gasteiger partial charge is 0.423 e. The van der Waals surface area contributed by atoms with Crippen molar-refractivity contribution in [3.8, 4) is 0 Å². The maximum atomic E-state index is 14.0. The van der Waals surface area contributed by atoms with E-state index in [-0.39, 0.29) is 31.1 Å². The van der Waals surface area contributed by atoms with Crippen molar-refractivity contribution < 1.29 is 18.0 Å². The fraction of sp³-hybridized carbons (Fsp3) is 0.333. The molecule has 1 fully saturated rings. The molecule has 0 saturated carbocycles. The lowest BCUT2D eigenvalue weighted by atomic mass is 10.1. The summed E-state index contributed by atoms with van der Waals surface area (Å²) in [5.74, 6) is -1.43. The van der Waals surface area contributed by atoms with Gasteiger partial charge in [-0.2, -0.15) is 4.98 Å². The number of carbonyl (C=O) groups is 1. The van der Waals surface area contributed by atoms with Crippen molar-refractivity contribution in [1.82, 2.24) is 4.98 Å². The van der Waals surface area contributed by atoms with E-state index in [9.17, 15) is 13.6 Å². The quantitative estimate of drug-likeness (QED) is 0.892. The predicted octanol–water partition coefficient (Wildman–Crippen LogP) is 1.37. The second kappa shape index (κ2) is 3.91. The molecule has 1 aliphatic rings. The Morgan fingerprint density at radius 3 is 3.00 bits per heavy atom. The van der Waals surface area contributed by atoms with E-state index >= 15 is 0 Å². The van der Waals surface area contributed by atoms with Crippen LogP contribution in [0.4, 0.5) is 14.8 Å². The molecule has 1 aromatic carbocycles. The number of amides is 1. The van der Waals surface area contributed by atoms with Gasteiger partial charge in [-0.3, -0.25) is 4.79 Å². The van der Waals surface area contributed by atoms with Gasteiger partial charge in [0.1, 0.15) is 11.3 Å². The van der Waals surface area contributed by atoms with Crippen LogP contribution in [-0.4, -0.2) is 29.6 Å². The minimum Gasteiger partial charge on any atom is -0.423 e. The molecule has 0 aliphatic carbocycles. The predicted molar refractivity (Wildman–Crippen MR) is 63.8 cm³/mol. The molecule has 0 radical (unpaired) electrons. The van der Waals surface area contributed by atoms with E-state index in [1.54, 1.807) is 0 Å². The average Bonchev–Trinajstić information content (AvgIpc) is 2.93. The number of benzene rings is 1. The van der Waals surface area contributed by atoms with Crippen molar-refractivity contribution in [2.75, 3.05) is 18.0 Å². The van der Waals surface area contributed by atoms with Gasteiger partial charge in [-0.15, -0.1) is 0 Å². The first-order chi connectivity index (χ1) is 8.98. The van der Waals surface area contributed by atoms with Gasteiger partial charge in [0.05, 0.1) is 6.54 Å². The van der Waals surface area contributed by atoms with Crippen LogP contribution in [-0.2, 0) is 4.79 Å². The van der Waals surface area contributed by atoms with E-state index in [1.165, 1.54) is 23.1 Å². The van der Waals surface area contributed by atoms with Crippen molar-refractivity contribution in [3.05, 3.63) is 24.0 Å². The molecular weight excluding hydrogens is 256 g/mol. The molecule has 3 rings (SSSR count). The summed E-state index contributed by atoms with van der Waals surface area (Å²) in [6, 6.07) is 4.12. The molecule has 1 unspecified atom stereocenters. The van der Waals surface area contributed by atoms with Crippen LogP contribution in [0.15, 0.2) is 22.6 Å². The molecule has 1 aromatic heterocycles. The third kappa shape index (κ3) is 1.91. The second-order valence-electron chi connectivity index (χ2n) is 4.61. The Morgan fingerprint density at radius 1 is 1.53 bits per heavy atom. The molecule has 7 heteroatoms. The molecule has 1 amide bonds. The number of nitrogens with zero attached hydrogens (tertiary/aromatic N) is 2. The number of nitrogens with two attached hydrogens (primary N) is 1. The number of fused-ring (bicyclic) bond motifs is 1. The summed E-state index contributed by atoms with van der Waals surface area (Å²) in [6.45, 7) is 0.0758. The van der Waals surface area contributed by atoms with E-state index in [0.29, 0.717) is 5.52 Å². The van der Waals surface area contributed by atoms with Crippen LogP contribution < -0.4 is 10.6 Å². The molecule has 1 aliphatic heterocycles. The Kier molecular flexibility index (Phi) is 2.44. The summed E-state index contributed by atoms with van der Waals surface area (Å²) in [7, 11) is 0. The van der Waals surface area contributed by atoms with Gasteiger partial charge in [-0.25, -0.2) is 8.78 Å². The summed E-state index contributed by atoms with van der Waals surface area (Å²) in [5.41, 5.74) is 3.72. The van der Waals surface area contributed by atoms with E-state index in [1.807, 2.05) is 0 Å². The van der Waals surface area contributed by atoms with Crippen molar-refractivity contribution in [2.45, 2.75) is 12.1 Å². The fourth-order valence-electron chi connectivity index (χ4n) is 2.16. The highest BCUT2D eigenvalue weighted by molar-refractivity contribution is 5.85. The number of oxazole rings is 1. The fourth-order valence-corrected chi connectivity index (χ4v) is 2.16. The number of primary amides is 1. The number of anilines is 1.